The maximum absolute atomic E-state index is 12.8. The Morgan fingerprint density at radius 3 is 2.68 bits per heavy atom. The van der Waals surface area contributed by atoms with E-state index in [1.807, 2.05) is 31.2 Å². The zero-order chi connectivity index (χ0) is 17.9. The number of rotatable bonds is 4. The summed E-state index contributed by atoms with van der Waals surface area (Å²) in [5.74, 6) is 0.593. The molecule has 6 nitrogen and oxygen atoms in total. The second-order valence-corrected chi connectivity index (χ2v) is 6.98. The summed E-state index contributed by atoms with van der Waals surface area (Å²) >= 11 is 0. The van der Waals surface area contributed by atoms with Crippen LogP contribution >= 0.6 is 0 Å². The molecule has 2 aliphatic rings. The lowest BCUT2D eigenvalue weighted by Crippen LogP contribution is -2.38. The van der Waals surface area contributed by atoms with E-state index in [2.05, 4.69) is 10.6 Å². The minimum Gasteiger partial charge on any atom is -0.492 e. The van der Waals surface area contributed by atoms with Crippen molar-refractivity contribution in [1.29, 1.82) is 0 Å². The molecular formula is C19H27N3O3. The van der Waals surface area contributed by atoms with E-state index in [9.17, 15) is 9.59 Å². The highest BCUT2D eigenvalue weighted by atomic mass is 16.5. The first-order valence-corrected chi connectivity index (χ1v) is 9.09. The smallest absolute Gasteiger partial charge is 0.321 e. The summed E-state index contributed by atoms with van der Waals surface area (Å²) in [4.78, 5) is 26.9. The topological polar surface area (TPSA) is 70.7 Å². The normalized spacial score (nSPS) is 21.4. The molecule has 1 saturated heterocycles. The minimum atomic E-state index is -0.162. The van der Waals surface area contributed by atoms with Gasteiger partial charge in [0, 0.05) is 25.6 Å². The van der Waals surface area contributed by atoms with Gasteiger partial charge in [-0.2, -0.15) is 0 Å². The summed E-state index contributed by atoms with van der Waals surface area (Å²) in [6.07, 6.45) is 4.31. The zero-order valence-electron chi connectivity index (χ0n) is 15.0. The molecule has 2 N–H and O–H groups in total. The van der Waals surface area contributed by atoms with Crippen LogP contribution in [0, 0.1) is 11.3 Å². The number of carbonyl (C=O) groups is 2. The Balaban J connectivity index is 1.74. The van der Waals surface area contributed by atoms with Gasteiger partial charge in [0.15, 0.2) is 0 Å². The maximum Gasteiger partial charge on any atom is 0.321 e. The van der Waals surface area contributed by atoms with Crippen LogP contribution in [0.3, 0.4) is 0 Å². The van der Waals surface area contributed by atoms with Gasteiger partial charge in [-0.1, -0.05) is 25.0 Å². The molecule has 1 saturated carbocycles. The highest BCUT2D eigenvalue weighted by molar-refractivity contribution is 5.92. The van der Waals surface area contributed by atoms with Crippen molar-refractivity contribution in [2.45, 2.75) is 32.6 Å². The second-order valence-electron chi connectivity index (χ2n) is 6.98. The molecule has 3 rings (SSSR count). The van der Waals surface area contributed by atoms with E-state index in [0.717, 1.165) is 25.7 Å². The number of hydrogen-bond acceptors (Lipinski definition) is 3. The molecular weight excluding hydrogens is 318 g/mol. The van der Waals surface area contributed by atoms with Crippen molar-refractivity contribution < 1.29 is 14.3 Å². The number of nitrogens with zero attached hydrogens (tertiary/aromatic N) is 1. The van der Waals surface area contributed by atoms with Crippen molar-refractivity contribution in [2.75, 3.05) is 32.1 Å². The lowest BCUT2D eigenvalue weighted by molar-refractivity contribution is -0.127. The lowest BCUT2D eigenvalue weighted by atomic mass is 9.76. The number of nitrogens with one attached hydrogen (secondary N) is 2. The summed E-state index contributed by atoms with van der Waals surface area (Å²) in [6.45, 7) is 3.57. The molecule has 1 aliphatic heterocycles. The van der Waals surface area contributed by atoms with Crippen LogP contribution in [0.2, 0.25) is 0 Å². The first-order chi connectivity index (χ1) is 12.1. The Labute approximate surface area is 148 Å². The number of para-hydroxylation sites is 2. The quantitative estimate of drug-likeness (QED) is 0.881. The van der Waals surface area contributed by atoms with Crippen LogP contribution in [0.1, 0.15) is 32.6 Å². The minimum absolute atomic E-state index is 0.0481. The predicted molar refractivity (Wildman–Crippen MR) is 96.7 cm³/mol. The van der Waals surface area contributed by atoms with E-state index < -0.39 is 0 Å². The molecule has 2 fully saturated rings. The number of likely N-dealkylation sites (tertiary alicyclic amines) is 1. The average molecular weight is 345 g/mol. The second kappa shape index (κ2) is 7.33. The highest BCUT2D eigenvalue weighted by Crippen LogP contribution is 2.49. The van der Waals surface area contributed by atoms with Gasteiger partial charge in [0.1, 0.15) is 5.75 Å². The molecule has 136 valence electrons. The van der Waals surface area contributed by atoms with Gasteiger partial charge in [-0.15, -0.1) is 0 Å². The van der Waals surface area contributed by atoms with Gasteiger partial charge in [0.2, 0.25) is 5.91 Å². The van der Waals surface area contributed by atoms with Crippen LogP contribution < -0.4 is 15.4 Å². The molecule has 0 unspecified atom stereocenters. The first kappa shape index (κ1) is 17.6. The lowest BCUT2D eigenvalue weighted by Gasteiger charge is -2.28. The van der Waals surface area contributed by atoms with E-state index in [-0.39, 0.29) is 23.3 Å². The van der Waals surface area contributed by atoms with Gasteiger partial charge in [-0.25, -0.2) is 4.79 Å². The predicted octanol–water partition coefficient (Wildman–Crippen LogP) is 2.86. The number of hydrogen-bond donors (Lipinski definition) is 2. The summed E-state index contributed by atoms with van der Waals surface area (Å²) in [6, 6.07) is 7.26. The Morgan fingerprint density at radius 1 is 1.28 bits per heavy atom. The number of benzene rings is 1. The molecule has 0 radical (unpaired) electrons. The van der Waals surface area contributed by atoms with Gasteiger partial charge < -0.3 is 20.3 Å². The van der Waals surface area contributed by atoms with E-state index in [0.29, 0.717) is 31.1 Å². The third kappa shape index (κ3) is 3.43. The van der Waals surface area contributed by atoms with Crippen molar-refractivity contribution in [3.05, 3.63) is 24.3 Å². The van der Waals surface area contributed by atoms with Crippen molar-refractivity contribution in [1.82, 2.24) is 10.2 Å². The highest BCUT2D eigenvalue weighted by Gasteiger charge is 2.52. The third-order valence-electron chi connectivity index (χ3n) is 5.53. The van der Waals surface area contributed by atoms with Gasteiger partial charge in [-0.05, 0) is 31.9 Å². The van der Waals surface area contributed by atoms with Crippen LogP contribution in [0.15, 0.2) is 24.3 Å². The summed E-state index contributed by atoms with van der Waals surface area (Å²) < 4.78 is 5.57. The van der Waals surface area contributed by atoms with Crippen LogP contribution in [0.25, 0.3) is 0 Å². The number of amides is 3. The van der Waals surface area contributed by atoms with Crippen molar-refractivity contribution in [3.8, 4) is 5.75 Å². The Hall–Kier alpha value is -2.24. The molecule has 1 atom stereocenters. The molecule has 6 heteroatoms. The molecule has 1 spiro atoms. The Bertz CT molecular complexity index is 641. The molecule has 3 amide bonds. The Kier molecular flexibility index (Phi) is 5.16. The molecule has 1 heterocycles. The standard InChI is InChI=1S/C19H27N3O3/c1-3-25-16-9-5-4-8-15(16)21-18(24)22-12-14(17(23)20-2)19(13-22)10-6-7-11-19/h4-5,8-9,14H,3,6-7,10-13H2,1-2H3,(H,20,23)(H,21,24)/t14-/m1/s1. The molecule has 0 aromatic heterocycles. The fourth-order valence-corrected chi connectivity index (χ4v) is 4.29. The monoisotopic (exact) mass is 345 g/mol. The van der Waals surface area contributed by atoms with E-state index in [1.165, 1.54) is 0 Å². The van der Waals surface area contributed by atoms with E-state index in [4.69, 9.17) is 4.74 Å². The number of carbonyl (C=O) groups excluding carboxylic acids is 2. The van der Waals surface area contributed by atoms with Crippen molar-refractivity contribution in [3.63, 3.8) is 0 Å². The summed E-state index contributed by atoms with van der Waals surface area (Å²) in [7, 11) is 1.67. The van der Waals surface area contributed by atoms with Gasteiger partial charge >= 0.3 is 6.03 Å². The molecule has 1 aromatic rings. The summed E-state index contributed by atoms with van der Waals surface area (Å²) in [5, 5.41) is 5.73. The van der Waals surface area contributed by atoms with Crippen LogP contribution in [0.5, 0.6) is 5.75 Å². The first-order valence-electron chi connectivity index (χ1n) is 9.09. The molecule has 0 bridgehead atoms. The van der Waals surface area contributed by atoms with Crippen molar-refractivity contribution >= 4 is 17.6 Å². The maximum atomic E-state index is 12.8. The molecule has 1 aliphatic carbocycles. The van der Waals surface area contributed by atoms with Crippen LogP contribution in [-0.4, -0.2) is 43.6 Å². The third-order valence-corrected chi connectivity index (χ3v) is 5.53. The Morgan fingerprint density at radius 2 is 2.00 bits per heavy atom. The zero-order valence-corrected chi connectivity index (χ0v) is 15.0. The number of urea groups is 1. The van der Waals surface area contributed by atoms with E-state index >= 15 is 0 Å². The average Bonchev–Trinajstić information content (AvgIpc) is 3.24. The molecule has 1 aromatic carbocycles. The van der Waals surface area contributed by atoms with Gasteiger partial charge in [-0.3, -0.25) is 4.79 Å². The molecule has 25 heavy (non-hydrogen) atoms. The summed E-state index contributed by atoms with van der Waals surface area (Å²) in [5.41, 5.74) is 0.606. The van der Waals surface area contributed by atoms with Crippen molar-refractivity contribution in [2.24, 2.45) is 11.3 Å². The number of ether oxygens (including phenoxy) is 1. The van der Waals surface area contributed by atoms with Gasteiger partial charge in [0.25, 0.3) is 0 Å². The largest absolute Gasteiger partial charge is 0.492 e. The number of anilines is 1. The van der Waals surface area contributed by atoms with Crippen LogP contribution in [0.4, 0.5) is 10.5 Å². The van der Waals surface area contributed by atoms with Gasteiger partial charge in [0.05, 0.1) is 18.2 Å². The van der Waals surface area contributed by atoms with E-state index in [1.54, 1.807) is 11.9 Å². The fourth-order valence-electron chi connectivity index (χ4n) is 4.29. The SMILES string of the molecule is CCOc1ccccc1NC(=O)N1C[C@H](C(=O)NC)C2(CCCC2)C1. The fraction of sp³-hybridized carbons (Fsp3) is 0.579. The van der Waals surface area contributed by atoms with Crippen LogP contribution in [-0.2, 0) is 4.79 Å².